The molecule has 1 N–H and O–H groups in total. The lowest BCUT2D eigenvalue weighted by Gasteiger charge is -2.30. The monoisotopic (exact) mass is 476 g/mol. The molecule has 33 heavy (non-hydrogen) atoms. The summed E-state index contributed by atoms with van der Waals surface area (Å²) in [5.41, 5.74) is -0.176. The molecule has 0 aliphatic carbocycles. The number of benzene rings is 3. The van der Waals surface area contributed by atoms with E-state index in [2.05, 4.69) is 5.32 Å². The molecule has 1 heterocycles. The van der Waals surface area contributed by atoms with Gasteiger partial charge in [0.1, 0.15) is 0 Å². The number of fused-ring (bicyclic) bond motifs is 1. The minimum Gasteiger partial charge on any atom is -0.352 e. The van der Waals surface area contributed by atoms with Crippen LogP contribution in [-0.4, -0.2) is 31.7 Å². The van der Waals surface area contributed by atoms with E-state index in [1.54, 1.807) is 18.2 Å². The molecule has 3 aromatic rings. The van der Waals surface area contributed by atoms with Gasteiger partial charge in [0.15, 0.2) is 0 Å². The van der Waals surface area contributed by atoms with Crippen LogP contribution in [0, 0.1) is 5.92 Å². The normalized spacial score (nSPS) is 16.1. The van der Waals surface area contributed by atoms with Crippen molar-refractivity contribution in [3.8, 4) is 0 Å². The Morgan fingerprint density at radius 3 is 2.21 bits per heavy atom. The molecule has 9 heteroatoms. The van der Waals surface area contributed by atoms with E-state index in [1.165, 1.54) is 16.4 Å². The summed E-state index contributed by atoms with van der Waals surface area (Å²) in [7, 11) is -3.66. The van der Waals surface area contributed by atoms with Crippen molar-refractivity contribution in [1.82, 2.24) is 9.62 Å². The fourth-order valence-electron chi connectivity index (χ4n) is 3.98. The van der Waals surface area contributed by atoms with Gasteiger partial charge in [-0.1, -0.05) is 42.5 Å². The molecule has 0 unspecified atom stereocenters. The lowest BCUT2D eigenvalue weighted by Crippen LogP contribution is -2.42. The summed E-state index contributed by atoms with van der Waals surface area (Å²) >= 11 is 0. The van der Waals surface area contributed by atoms with Crippen molar-refractivity contribution < 1.29 is 26.4 Å². The van der Waals surface area contributed by atoms with Crippen molar-refractivity contribution in [1.29, 1.82) is 0 Å². The van der Waals surface area contributed by atoms with Gasteiger partial charge in [0, 0.05) is 25.6 Å². The smallest absolute Gasteiger partial charge is 0.352 e. The number of amides is 1. The Morgan fingerprint density at radius 2 is 1.58 bits per heavy atom. The van der Waals surface area contributed by atoms with E-state index < -0.39 is 21.8 Å². The highest BCUT2D eigenvalue weighted by molar-refractivity contribution is 7.89. The van der Waals surface area contributed by atoms with E-state index in [9.17, 15) is 26.4 Å². The molecule has 4 rings (SSSR count). The molecule has 0 spiro atoms. The number of halogens is 3. The quantitative estimate of drug-likeness (QED) is 0.587. The van der Waals surface area contributed by atoms with Crippen LogP contribution in [0.5, 0.6) is 0 Å². The summed E-state index contributed by atoms with van der Waals surface area (Å²) in [6, 6.07) is 17.2. The molecule has 5 nitrogen and oxygen atoms in total. The van der Waals surface area contributed by atoms with Gasteiger partial charge in [-0.15, -0.1) is 0 Å². The summed E-state index contributed by atoms with van der Waals surface area (Å²) in [4.78, 5) is 12.7. The number of nitrogens with one attached hydrogen (secondary N) is 1. The van der Waals surface area contributed by atoms with Gasteiger partial charge in [0.2, 0.25) is 15.9 Å². The molecule has 1 saturated heterocycles. The minimum atomic E-state index is -4.40. The zero-order valence-electron chi connectivity index (χ0n) is 17.7. The Hall–Kier alpha value is -2.91. The number of sulfonamides is 1. The molecule has 0 aromatic heterocycles. The maximum atomic E-state index is 13.1. The Labute approximate surface area is 190 Å². The van der Waals surface area contributed by atoms with Crippen molar-refractivity contribution in [3.05, 3.63) is 77.9 Å². The van der Waals surface area contributed by atoms with E-state index in [4.69, 9.17) is 0 Å². The van der Waals surface area contributed by atoms with E-state index in [0.29, 0.717) is 18.4 Å². The molecule has 0 saturated carbocycles. The van der Waals surface area contributed by atoms with Gasteiger partial charge in [0.25, 0.3) is 0 Å². The highest BCUT2D eigenvalue weighted by Crippen LogP contribution is 2.29. The lowest BCUT2D eigenvalue weighted by atomic mass is 9.97. The SMILES string of the molecule is O=C(NCc1ccc(C(F)(F)F)cc1)C1CCN(S(=O)(=O)c2ccc3ccccc3c2)CC1. The molecule has 174 valence electrons. The fraction of sp³-hybridized carbons (Fsp3) is 0.292. The standard InChI is InChI=1S/C24H23F3N2O3S/c25-24(26,27)21-8-5-17(6-9-21)16-28-23(30)19-11-13-29(14-12-19)33(31,32)22-10-7-18-3-1-2-4-20(18)15-22/h1-10,15,19H,11-14,16H2,(H,28,30). The predicted molar refractivity (Wildman–Crippen MR) is 119 cm³/mol. The van der Waals surface area contributed by atoms with Crippen molar-refractivity contribution in [2.75, 3.05) is 13.1 Å². The number of hydrogen-bond donors (Lipinski definition) is 1. The molecule has 3 aromatic carbocycles. The first-order valence-corrected chi connectivity index (χ1v) is 12.0. The van der Waals surface area contributed by atoms with Crippen LogP contribution in [0.2, 0.25) is 0 Å². The van der Waals surface area contributed by atoms with Gasteiger partial charge in [-0.25, -0.2) is 8.42 Å². The van der Waals surface area contributed by atoms with Crippen molar-refractivity contribution >= 4 is 26.7 Å². The molecule has 1 aliphatic heterocycles. The zero-order valence-corrected chi connectivity index (χ0v) is 18.5. The van der Waals surface area contributed by atoms with Crippen LogP contribution in [0.3, 0.4) is 0 Å². The summed E-state index contributed by atoms with van der Waals surface area (Å²) in [6.45, 7) is 0.577. The minimum absolute atomic E-state index is 0.118. The van der Waals surface area contributed by atoms with Crippen molar-refractivity contribution in [2.45, 2.75) is 30.5 Å². The number of rotatable bonds is 5. The summed E-state index contributed by atoms with van der Waals surface area (Å²) in [5.74, 6) is -0.569. The van der Waals surface area contributed by atoms with Crippen LogP contribution >= 0.6 is 0 Å². The van der Waals surface area contributed by atoms with E-state index in [0.717, 1.165) is 22.9 Å². The number of hydrogen-bond acceptors (Lipinski definition) is 3. The van der Waals surface area contributed by atoms with Gasteiger partial charge in [0.05, 0.1) is 10.5 Å². The number of nitrogens with zero attached hydrogens (tertiary/aromatic N) is 1. The van der Waals surface area contributed by atoms with E-state index >= 15 is 0 Å². The molecule has 1 aliphatic rings. The van der Waals surface area contributed by atoms with Gasteiger partial charge < -0.3 is 5.32 Å². The van der Waals surface area contributed by atoms with Crippen LogP contribution < -0.4 is 5.32 Å². The molecule has 0 bridgehead atoms. The first kappa shape index (κ1) is 23.3. The van der Waals surface area contributed by atoms with Gasteiger partial charge in [-0.3, -0.25) is 4.79 Å². The summed E-state index contributed by atoms with van der Waals surface area (Å²) in [5, 5.41) is 4.55. The first-order valence-electron chi connectivity index (χ1n) is 10.6. The second-order valence-corrected chi connectivity index (χ2v) is 10.0. The van der Waals surface area contributed by atoms with Crippen LogP contribution in [0.25, 0.3) is 10.8 Å². The Balaban J connectivity index is 1.33. The van der Waals surface area contributed by atoms with Crippen LogP contribution in [-0.2, 0) is 27.5 Å². The molecule has 0 atom stereocenters. The lowest BCUT2D eigenvalue weighted by molar-refractivity contribution is -0.137. The Kier molecular flexibility index (Phi) is 6.45. The first-order chi connectivity index (χ1) is 15.6. The maximum Gasteiger partial charge on any atom is 0.416 e. The van der Waals surface area contributed by atoms with Gasteiger partial charge >= 0.3 is 6.18 Å². The fourth-order valence-corrected chi connectivity index (χ4v) is 5.49. The second kappa shape index (κ2) is 9.15. The average Bonchev–Trinajstić information content (AvgIpc) is 2.82. The summed E-state index contributed by atoms with van der Waals surface area (Å²) < 4.78 is 65.5. The second-order valence-electron chi connectivity index (χ2n) is 8.10. The number of carbonyl (C=O) groups is 1. The van der Waals surface area contributed by atoms with Crippen molar-refractivity contribution in [2.24, 2.45) is 5.92 Å². The third kappa shape index (κ3) is 5.20. The predicted octanol–water partition coefficient (Wildman–Crippen LogP) is 4.58. The average molecular weight is 477 g/mol. The zero-order chi connectivity index (χ0) is 23.6. The largest absolute Gasteiger partial charge is 0.416 e. The molecular weight excluding hydrogens is 453 g/mol. The highest BCUT2D eigenvalue weighted by atomic mass is 32.2. The van der Waals surface area contributed by atoms with Crippen molar-refractivity contribution in [3.63, 3.8) is 0 Å². The highest BCUT2D eigenvalue weighted by Gasteiger charge is 2.32. The van der Waals surface area contributed by atoms with Crippen LogP contribution in [0.4, 0.5) is 13.2 Å². The van der Waals surface area contributed by atoms with E-state index in [1.807, 2.05) is 24.3 Å². The van der Waals surface area contributed by atoms with Gasteiger partial charge in [-0.05, 0) is 53.4 Å². The maximum absolute atomic E-state index is 13.1. The summed E-state index contributed by atoms with van der Waals surface area (Å²) in [6.07, 6.45) is -3.64. The Morgan fingerprint density at radius 1 is 0.939 bits per heavy atom. The third-order valence-electron chi connectivity index (χ3n) is 5.93. The molecule has 1 amide bonds. The third-order valence-corrected chi connectivity index (χ3v) is 7.83. The van der Waals surface area contributed by atoms with Crippen LogP contribution in [0.1, 0.15) is 24.0 Å². The number of alkyl halides is 3. The van der Waals surface area contributed by atoms with E-state index in [-0.39, 0.29) is 36.4 Å². The van der Waals surface area contributed by atoms with Gasteiger partial charge in [-0.2, -0.15) is 17.5 Å². The van der Waals surface area contributed by atoms with Crippen LogP contribution in [0.15, 0.2) is 71.6 Å². The molecule has 1 fully saturated rings. The number of piperidine rings is 1. The molecule has 0 radical (unpaired) electrons. The molecular formula is C24H23F3N2O3S. The number of carbonyl (C=O) groups excluding carboxylic acids is 1. The topological polar surface area (TPSA) is 66.5 Å². The Bertz CT molecular complexity index is 1250.